The molecule has 0 fully saturated rings. The number of hydrogen-bond donors (Lipinski definition) is 1. The van der Waals surface area contributed by atoms with Gasteiger partial charge in [-0.25, -0.2) is 4.98 Å². The molecule has 0 spiro atoms. The third kappa shape index (κ3) is 4.34. The average molecular weight is 561 g/mol. The average Bonchev–Trinajstić information content (AvgIpc) is 3.10. The normalized spacial score (nSPS) is 12.9. The molecule has 0 bridgehead atoms. The fourth-order valence-electron chi connectivity index (χ4n) is 6.41. The van der Waals surface area contributed by atoms with E-state index in [4.69, 9.17) is 0 Å². The van der Waals surface area contributed by atoms with Gasteiger partial charge in [-0.15, -0.1) is 0 Å². The summed E-state index contributed by atoms with van der Waals surface area (Å²) in [6.07, 6.45) is 5.72. The molecule has 0 unspecified atom stereocenters. The Kier molecular flexibility index (Phi) is 5.93. The monoisotopic (exact) mass is 560 g/mol. The summed E-state index contributed by atoms with van der Waals surface area (Å²) in [7, 11) is 0. The van der Waals surface area contributed by atoms with Crippen LogP contribution < -0.4 is 5.32 Å². The molecule has 6 aromatic carbocycles. The lowest BCUT2D eigenvalue weighted by molar-refractivity contribution is 0.929. The van der Waals surface area contributed by atoms with E-state index in [2.05, 4.69) is 126 Å². The molecule has 8 rings (SSSR count). The summed E-state index contributed by atoms with van der Waals surface area (Å²) in [5.74, 6) is 0. The Balaban J connectivity index is 1.21. The Hall–Kier alpha value is -6.23. The number of benzene rings is 6. The van der Waals surface area contributed by atoms with Gasteiger partial charge in [0.15, 0.2) is 0 Å². The Morgan fingerprint density at radius 1 is 0.545 bits per heavy atom. The first kappa shape index (κ1) is 25.5. The largest absolute Gasteiger partial charge is 0.373 e. The number of nitrogens with one attached hydrogen (secondary N) is 1. The van der Waals surface area contributed by atoms with E-state index in [9.17, 15) is 10.5 Å². The second kappa shape index (κ2) is 10.2. The van der Waals surface area contributed by atoms with Gasteiger partial charge in [-0.1, -0.05) is 66.7 Å². The molecule has 2 heterocycles. The number of aromatic nitrogens is 1. The van der Waals surface area contributed by atoms with Gasteiger partial charge in [0, 0.05) is 12.7 Å². The van der Waals surface area contributed by atoms with Crippen LogP contribution in [0.25, 0.3) is 71.3 Å². The van der Waals surface area contributed by atoms with Crippen LogP contribution in [-0.2, 0) is 0 Å². The number of nitriles is 2. The van der Waals surface area contributed by atoms with E-state index in [0.29, 0.717) is 17.9 Å². The third-order valence-electron chi connectivity index (χ3n) is 8.50. The molecule has 1 aliphatic heterocycles. The lowest BCUT2D eigenvalue weighted by Crippen LogP contribution is -2.15. The molecule has 0 saturated heterocycles. The molecule has 7 aromatic rings. The van der Waals surface area contributed by atoms with E-state index in [1.807, 2.05) is 18.2 Å². The van der Waals surface area contributed by atoms with Gasteiger partial charge in [-0.2, -0.15) is 10.5 Å². The smallest absolute Gasteiger partial charge is 0.141 e. The molecule has 44 heavy (non-hydrogen) atoms. The van der Waals surface area contributed by atoms with Crippen molar-refractivity contribution in [3.63, 3.8) is 0 Å². The summed E-state index contributed by atoms with van der Waals surface area (Å²) in [6.45, 7) is 0.653. The van der Waals surface area contributed by atoms with Crippen LogP contribution in [0.15, 0.2) is 133 Å². The Bertz CT molecular complexity index is 2350. The van der Waals surface area contributed by atoms with Gasteiger partial charge in [0.05, 0.1) is 0 Å². The first-order chi connectivity index (χ1) is 21.7. The standard InChI is InChI=1S/C40H24N4/c41-23-37-21-29(11-13-43-37)25-3-1-5-27(15-25)35-17-31-7-9-33-19-36(20-34-10-8-32(18-35)39(31)40(33)34)28-6-2-4-26(16-28)30-12-14-44-38(22-30)24-42/h1-13,15-22,44H,14H2. The predicted octanol–water partition coefficient (Wildman–Crippen LogP) is 9.25. The summed E-state index contributed by atoms with van der Waals surface area (Å²) < 4.78 is 0. The van der Waals surface area contributed by atoms with Crippen molar-refractivity contribution in [2.24, 2.45) is 0 Å². The van der Waals surface area contributed by atoms with Gasteiger partial charge in [0.25, 0.3) is 0 Å². The number of allylic oxidation sites excluding steroid dienone is 3. The van der Waals surface area contributed by atoms with E-state index in [1.165, 1.54) is 37.9 Å². The molecule has 1 aliphatic rings. The molecule has 0 radical (unpaired) electrons. The lowest BCUT2D eigenvalue weighted by atomic mass is 9.88. The minimum Gasteiger partial charge on any atom is -0.373 e. The molecule has 1 aromatic heterocycles. The topological polar surface area (TPSA) is 72.5 Å². The molecule has 0 amide bonds. The minimum absolute atomic E-state index is 0.414. The van der Waals surface area contributed by atoms with Crippen molar-refractivity contribution in [3.05, 3.63) is 144 Å². The highest BCUT2D eigenvalue weighted by molar-refractivity contribution is 6.24. The number of hydrogen-bond acceptors (Lipinski definition) is 4. The van der Waals surface area contributed by atoms with Crippen LogP contribution in [0.1, 0.15) is 11.3 Å². The van der Waals surface area contributed by atoms with E-state index < -0.39 is 0 Å². The molecule has 4 heteroatoms. The summed E-state index contributed by atoms with van der Waals surface area (Å²) in [5, 5.41) is 29.2. The zero-order valence-electron chi connectivity index (χ0n) is 23.7. The number of dihydropyridines is 1. The van der Waals surface area contributed by atoms with Gasteiger partial charge in [0.2, 0.25) is 0 Å². The first-order valence-corrected chi connectivity index (χ1v) is 14.5. The molecule has 0 atom stereocenters. The van der Waals surface area contributed by atoms with Crippen LogP contribution in [0.2, 0.25) is 0 Å². The van der Waals surface area contributed by atoms with Crippen LogP contribution in [0.4, 0.5) is 0 Å². The molecular weight excluding hydrogens is 536 g/mol. The van der Waals surface area contributed by atoms with Crippen molar-refractivity contribution in [1.82, 2.24) is 10.3 Å². The molecule has 204 valence electrons. The Morgan fingerprint density at radius 2 is 1.07 bits per heavy atom. The molecular formula is C40H24N4. The molecule has 1 N–H and O–H groups in total. The minimum atomic E-state index is 0.414. The molecule has 0 aliphatic carbocycles. The lowest BCUT2D eigenvalue weighted by Gasteiger charge is -2.16. The fourth-order valence-corrected chi connectivity index (χ4v) is 6.41. The quantitative estimate of drug-likeness (QED) is 0.218. The highest BCUT2D eigenvalue weighted by Crippen LogP contribution is 2.40. The second-order valence-electron chi connectivity index (χ2n) is 11.1. The Morgan fingerprint density at radius 3 is 1.64 bits per heavy atom. The van der Waals surface area contributed by atoms with E-state index in [1.54, 1.807) is 6.20 Å². The van der Waals surface area contributed by atoms with Gasteiger partial charge in [0.1, 0.15) is 23.5 Å². The molecule has 4 nitrogen and oxygen atoms in total. The van der Waals surface area contributed by atoms with Gasteiger partial charge in [-0.05, 0) is 131 Å². The van der Waals surface area contributed by atoms with Crippen molar-refractivity contribution in [3.8, 4) is 45.5 Å². The van der Waals surface area contributed by atoms with E-state index >= 15 is 0 Å². The van der Waals surface area contributed by atoms with Crippen molar-refractivity contribution < 1.29 is 0 Å². The maximum absolute atomic E-state index is 9.34. The number of nitrogens with zero attached hydrogens (tertiary/aromatic N) is 3. The fraction of sp³-hybridized carbons (Fsp3) is 0.0250. The van der Waals surface area contributed by atoms with Crippen LogP contribution >= 0.6 is 0 Å². The maximum atomic E-state index is 9.34. The van der Waals surface area contributed by atoms with Crippen molar-refractivity contribution in [2.45, 2.75) is 0 Å². The molecule has 0 saturated carbocycles. The van der Waals surface area contributed by atoms with E-state index in [0.717, 1.165) is 39.0 Å². The van der Waals surface area contributed by atoms with Crippen molar-refractivity contribution in [1.29, 1.82) is 10.5 Å². The predicted molar refractivity (Wildman–Crippen MR) is 179 cm³/mol. The highest BCUT2D eigenvalue weighted by atomic mass is 14.9. The summed E-state index contributed by atoms with van der Waals surface area (Å²) in [4.78, 5) is 4.12. The second-order valence-corrected chi connectivity index (χ2v) is 11.1. The zero-order valence-corrected chi connectivity index (χ0v) is 23.7. The number of pyridine rings is 1. The Labute approximate surface area is 254 Å². The summed E-state index contributed by atoms with van der Waals surface area (Å²) in [5.41, 5.74) is 9.82. The first-order valence-electron chi connectivity index (χ1n) is 14.5. The van der Waals surface area contributed by atoms with Crippen LogP contribution in [0, 0.1) is 22.7 Å². The van der Waals surface area contributed by atoms with Gasteiger partial charge < -0.3 is 5.32 Å². The summed E-state index contributed by atoms with van der Waals surface area (Å²) >= 11 is 0. The maximum Gasteiger partial charge on any atom is 0.141 e. The van der Waals surface area contributed by atoms with E-state index in [-0.39, 0.29) is 0 Å². The van der Waals surface area contributed by atoms with Crippen molar-refractivity contribution >= 4 is 37.9 Å². The number of rotatable bonds is 4. The van der Waals surface area contributed by atoms with Crippen LogP contribution in [-0.4, -0.2) is 11.5 Å². The SMILES string of the molecule is N#CC1=CC(c2cccc(-c3cc4ccc5cc(-c6cccc(-c7ccnc(C#N)c7)c6)cc6ccc(c3)c4c56)c2)=CCN1. The van der Waals surface area contributed by atoms with Gasteiger partial charge >= 0.3 is 0 Å². The van der Waals surface area contributed by atoms with Crippen LogP contribution in [0.5, 0.6) is 0 Å². The van der Waals surface area contributed by atoms with Crippen molar-refractivity contribution in [2.75, 3.05) is 6.54 Å². The highest BCUT2D eigenvalue weighted by Gasteiger charge is 2.14. The van der Waals surface area contributed by atoms with Gasteiger partial charge in [-0.3, -0.25) is 0 Å². The zero-order chi connectivity index (χ0) is 29.6. The summed E-state index contributed by atoms with van der Waals surface area (Å²) in [6, 6.07) is 43.2. The van der Waals surface area contributed by atoms with Crippen LogP contribution in [0.3, 0.4) is 0 Å². The third-order valence-corrected chi connectivity index (χ3v) is 8.50.